The highest BCUT2D eigenvalue weighted by Gasteiger charge is 2.33. The highest BCUT2D eigenvalue weighted by Crippen LogP contribution is 2.24. The Morgan fingerprint density at radius 1 is 1.06 bits per heavy atom. The molecule has 0 atom stereocenters. The van der Waals surface area contributed by atoms with Crippen LogP contribution in [0.2, 0.25) is 0 Å². The Morgan fingerprint density at radius 3 is 1.89 bits per heavy atom. The van der Waals surface area contributed by atoms with E-state index in [2.05, 4.69) is 19.7 Å². The summed E-state index contributed by atoms with van der Waals surface area (Å²) in [7, 11) is 0. The van der Waals surface area contributed by atoms with Gasteiger partial charge in [-0.2, -0.15) is 0 Å². The normalized spacial score (nSPS) is 10.3. The standard InChI is InChI=1S/C14H20O4/c1-5-9-10-11-14(8-4,17-12(15)6-2)18-13(16)7-3/h6-8H,2-5,9-11H2,1H3. The smallest absolute Gasteiger partial charge is 0.333 e. The minimum absolute atomic E-state index is 0.365. The Labute approximate surface area is 108 Å². The molecule has 0 rings (SSSR count). The predicted octanol–water partition coefficient (Wildman–Crippen LogP) is 2.91. The summed E-state index contributed by atoms with van der Waals surface area (Å²) in [5, 5.41) is 0. The summed E-state index contributed by atoms with van der Waals surface area (Å²) in [5.74, 6) is -2.77. The summed E-state index contributed by atoms with van der Waals surface area (Å²) >= 11 is 0. The van der Waals surface area contributed by atoms with Gasteiger partial charge in [0.05, 0.1) is 0 Å². The number of carbonyl (C=O) groups excluding carboxylic acids is 2. The van der Waals surface area contributed by atoms with E-state index in [-0.39, 0.29) is 0 Å². The van der Waals surface area contributed by atoms with Gasteiger partial charge in [-0.15, -0.1) is 0 Å². The second kappa shape index (κ2) is 8.28. The molecular formula is C14H20O4. The van der Waals surface area contributed by atoms with Gasteiger partial charge in [-0.1, -0.05) is 39.5 Å². The average molecular weight is 252 g/mol. The lowest BCUT2D eigenvalue weighted by Gasteiger charge is -2.28. The van der Waals surface area contributed by atoms with Crippen molar-refractivity contribution in [3.8, 4) is 0 Å². The molecule has 0 aliphatic carbocycles. The summed E-state index contributed by atoms with van der Waals surface area (Å²) in [6, 6.07) is 0. The fourth-order valence-corrected chi connectivity index (χ4v) is 1.35. The molecule has 0 amide bonds. The predicted molar refractivity (Wildman–Crippen MR) is 69.6 cm³/mol. The third-order valence-electron chi connectivity index (χ3n) is 2.32. The van der Waals surface area contributed by atoms with Crippen LogP contribution < -0.4 is 0 Å². The molecule has 0 heterocycles. The molecule has 0 saturated carbocycles. The number of hydrogen-bond donors (Lipinski definition) is 0. The third kappa shape index (κ3) is 5.48. The van der Waals surface area contributed by atoms with Crippen LogP contribution in [0.25, 0.3) is 0 Å². The van der Waals surface area contributed by atoms with Crippen molar-refractivity contribution in [2.75, 3.05) is 0 Å². The van der Waals surface area contributed by atoms with Gasteiger partial charge < -0.3 is 9.47 Å². The van der Waals surface area contributed by atoms with Crippen LogP contribution >= 0.6 is 0 Å². The minimum atomic E-state index is -1.44. The van der Waals surface area contributed by atoms with Gasteiger partial charge in [0.25, 0.3) is 5.79 Å². The van der Waals surface area contributed by atoms with Gasteiger partial charge in [0.15, 0.2) is 0 Å². The van der Waals surface area contributed by atoms with Crippen molar-refractivity contribution < 1.29 is 19.1 Å². The molecule has 0 aromatic carbocycles. The molecule has 0 fully saturated rings. The lowest BCUT2D eigenvalue weighted by molar-refractivity contribution is -0.207. The van der Waals surface area contributed by atoms with Gasteiger partial charge >= 0.3 is 11.9 Å². The van der Waals surface area contributed by atoms with E-state index in [9.17, 15) is 9.59 Å². The first-order valence-corrected chi connectivity index (χ1v) is 5.88. The van der Waals surface area contributed by atoms with E-state index in [1.54, 1.807) is 0 Å². The Morgan fingerprint density at radius 2 is 1.56 bits per heavy atom. The van der Waals surface area contributed by atoms with Crippen LogP contribution in [-0.2, 0) is 19.1 Å². The maximum absolute atomic E-state index is 11.3. The zero-order valence-corrected chi connectivity index (χ0v) is 10.8. The zero-order chi connectivity index (χ0) is 14.0. The average Bonchev–Trinajstić information content (AvgIpc) is 2.38. The monoisotopic (exact) mass is 252 g/mol. The van der Waals surface area contributed by atoms with Crippen molar-refractivity contribution in [2.45, 2.75) is 38.4 Å². The van der Waals surface area contributed by atoms with Crippen LogP contribution in [0.1, 0.15) is 32.6 Å². The molecule has 0 N–H and O–H groups in total. The second-order valence-corrected chi connectivity index (χ2v) is 3.72. The van der Waals surface area contributed by atoms with Gasteiger partial charge in [-0.25, -0.2) is 9.59 Å². The maximum Gasteiger partial charge on any atom is 0.333 e. The first kappa shape index (κ1) is 16.2. The van der Waals surface area contributed by atoms with Gasteiger partial charge in [0.2, 0.25) is 0 Å². The molecule has 0 aromatic heterocycles. The van der Waals surface area contributed by atoms with Gasteiger partial charge in [0, 0.05) is 18.6 Å². The fraction of sp³-hybridized carbons (Fsp3) is 0.429. The van der Waals surface area contributed by atoms with Crippen LogP contribution in [0, 0.1) is 0 Å². The van der Waals surface area contributed by atoms with E-state index < -0.39 is 17.7 Å². The Bertz CT molecular complexity index is 309. The number of hydrogen-bond acceptors (Lipinski definition) is 4. The van der Waals surface area contributed by atoms with Crippen LogP contribution in [0.4, 0.5) is 0 Å². The van der Waals surface area contributed by atoms with Crippen molar-refractivity contribution in [2.24, 2.45) is 0 Å². The number of rotatable bonds is 9. The molecule has 4 heteroatoms. The molecule has 100 valence electrons. The number of unbranched alkanes of at least 4 members (excludes halogenated alkanes) is 2. The topological polar surface area (TPSA) is 52.6 Å². The molecule has 0 aromatic rings. The summed E-state index contributed by atoms with van der Waals surface area (Å²) in [6.07, 6.45) is 6.39. The molecular weight excluding hydrogens is 232 g/mol. The minimum Gasteiger partial charge on any atom is -0.415 e. The summed E-state index contributed by atoms with van der Waals surface area (Å²) in [5.41, 5.74) is 0. The summed E-state index contributed by atoms with van der Waals surface area (Å²) in [6.45, 7) is 12.2. The van der Waals surface area contributed by atoms with Crippen LogP contribution in [0.3, 0.4) is 0 Å². The van der Waals surface area contributed by atoms with Crippen LogP contribution in [0.15, 0.2) is 38.0 Å². The fourth-order valence-electron chi connectivity index (χ4n) is 1.35. The molecule has 18 heavy (non-hydrogen) atoms. The Kier molecular flexibility index (Phi) is 7.43. The van der Waals surface area contributed by atoms with Gasteiger partial charge in [0.1, 0.15) is 0 Å². The molecule has 0 bridgehead atoms. The van der Waals surface area contributed by atoms with E-state index in [1.165, 1.54) is 6.08 Å². The van der Waals surface area contributed by atoms with E-state index in [4.69, 9.17) is 9.47 Å². The van der Waals surface area contributed by atoms with Crippen molar-refractivity contribution in [1.29, 1.82) is 0 Å². The molecule has 0 unspecified atom stereocenters. The van der Waals surface area contributed by atoms with Crippen molar-refractivity contribution in [3.05, 3.63) is 38.0 Å². The SMILES string of the molecule is C=CC(=O)OC(C=C)(CCCCC)OC(=O)C=C. The molecule has 0 aliphatic heterocycles. The molecule has 4 nitrogen and oxygen atoms in total. The first-order valence-electron chi connectivity index (χ1n) is 5.88. The lowest BCUT2D eigenvalue weighted by atomic mass is 10.1. The molecule has 0 saturated heterocycles. The summed E-state index contributed by atoms with van der Waals surface area (Å²) in [4.78, 5) is 22.6. The van der Waals surface area contributed by atoms with Crippen molar-refractivity contribution in [3.63, 3.8) is 0 Å². The highest BCUT2D eigenvalue weighted by molar-refractivity contribution is 5.83. The number of carbonyl (C=O) groups is 2. The molecule has 0 radical (unpaired) electrons. The van der Waals surface area contributed by atoms with E-state index in [0.717, 1.165) is 31.4 Å². The Hall–Kier alpha value is -1.84. The lowest BCUT2D eigenvalue weighted by Crippen LogP contribution is -2.37. The van der Waals surface area contributed by atoms with Crippen LogP contribution in [-0.4, -0.2) is 17.7 Å². The van der Waals surface area contributed by atoms with Gasteiger partial charge in [-0.3, -0.25) is 0 Å². The first-order chi connectivity index (χ1) is 8.53. The van der Waals surface area contributed by atoms with Crippen molar-refractivity contribution >= 4 is 11.9 Å². The largest absolute Gasteiger partial charge is 0.415 e. The Balaban J connectivity index is 4.86. The molecule has 0 spiro atoms. The van der Waals surface area contributed by atoms with Crippen molar-refractivity contribution in [1.82, 2.24) is 0 Å². The van der Waals surface area contributed by atoms with Crippen LogP contribution in [0.5, 0.6) is 0 Å². The van der Waals surface area contributed by atoms with E-state index in [0.29, 0.717) is 6.42 Å². The van der Waals surface area contributed by atoms with E-state index >= 15 is 0 Å². The quantitative estimate of drug-likeness (QED) is 0.208. The summed E-state index contributed by atoms with van der Waals surface area (Å²) < 4.78 is 10.2. The third-order valence-corrected chi connectivity index (χ3v) is 2.32. The zero-order valence-electron chi connectivity index (χ0n) is 10.8. The van der Waals surface area contributed by atoms with E-state index in [1.807, 2.05) is 6.92 Å². The molecule has 0 aliphatic rings. The number of esters is 2. The highest BCUT2D eigenvalue weighted by atomic mass is 16.7. The second-order valence-electron chi connectivity index (χ2n) is 3.72. The number of ether oxygens (including phenoxy) is 2. The maximum atomic E-state index is 11.3. The van der Waals surface area contributed by atoms with Gasteiger partial charge in [-0.05, 0) is 12.5 Å².